The van der Waals surface area contributed by atoms with Gasteiger partial charge in [-0.15, -0.1) is 0 Å². The van der Waals surface area contributed by atoms with E-state index in [1.807, 2.05) is 6.07 Å². The van der Waals surface area contributed by atoms with Crippen LogP contribution in [0.2, 0.25) is 0 Å². The summed E-state index contributed by atoms with van der Waals surface area (Å²) >= 11 is 0. The molecule has 6 atom stereocenters. The fraction of sp³-hybridized carbons (Fsp3) is 0.583. The normalized spacial score (nSPS) is 29.9. The second-order valence-electron chi connectivity index (χ2n) is 9.66. The molecular weight excluding hydrogens is 392 g/mol. The Bertz CT molecular complexity index is 1020. The number of carbonyl (C=O) groups excluding carboxylic acids is 1. The average molecular weight is 425 g/mol. The van der Waals surface area contributed by atoms with Crippen LogP contribution in [0.3, 0.4) is 0 Å². The zero-order chi connectivity index (χ0) is 21.7. The van der Waals surface area contributed by atoms with E-state index in [1.54, 1.807) is 0 Å². The number of amides is 1. The molecular formula is C24H32N4O3. The Morgan fingerprint density at radius 3 is 2.97 bits per heavy atom. The number of nitrogens with one attached hydrogen (secondary N) is 2. The molecule has 0 radical (unpaired) electrons. The van der Waals surface area contributed by atoms with Gasteiger partial charge in [-0.2, -0.15) is 0 Å². The molecule has 1 aromatic carbocycles. The first-order valence-corrected chi connectivity index (χ1v) is 11.6. The Hall–Kier alpha value is -2.38. The smallest absolute Gasteiger partial charge is 0.320 e. The third-order valence-corrected chi connectivity index (χ3v) is 7.80. The van der Waals surface area contributed by atoms with E-state index in [4.69, 9.17) is 10.8 Å². The van der Waals surface area contributed by atoms with Crippen LogP contribution in [0.4, 0.5) is 5.69 Å². The van der Waals surface area contributed by atoms with Crippen LogP contribution in [-0.2, 0) is 16.0 Å². The van der Waals surface area contributed by atoms with Crippen molar-refractivity contribution in [3.05, 3.63) is 29.5 Å². The third kappa shape index (κ3) is 3.64. The number of piperidine rings is 2. The van der Waals surface area contributed by atoms with Crippen molar-refractivity contribution in [3.63, 3.8) is 0 Å². The monoisotopic (exact) mass is 424 g/mol. The minimum absolute atomic E-state index is 0.0925. The van der Waals surface area contributed by atoms with Gasteiger partial charge in [0.2, 0.25) is 5.91 Å². The molecule has 4 heterocycles. The highest BCUT2D eigenvalue weighted by atomic mass is 16.4. The average Bonchev–Trinajstić information content (AvgIpc) is 3.08. The second kappa shape index (κ2) is 7.95. The van der Waals surface area contributed by atoms with Crippen LogP contribution in [0, 0.1) is 11.8 Å². The van der Waals surface area contributed by atoms with Crippen LogP contribution >= 0.6 is 0 Å². The van der Waals surface area contributed by atoms with Crippen molar-refractivity contribution in [2.75, 3.05) is 18.4 Å². The van der Waals surface area contributed by atoms with E-state index in [1.165, 1.54) is 42.5 Å². The van der Waals surface area contributed by atoms with Crippen molar-refractivity contribution >= 4 is 28.5 Å². The van der Waals surface area contributed by atoms with E-state index in [-0.39, 0.29) is 18.7 Å². The van der Waals surface area contributed by atoms with E-state index in [2.05, 4.69) is 34.3 Å². The number of nitrogens with zero attached hydrogens (tertiary/aromatic N) is 1. The van der Waals surface area contributed by atoms with Crippen LogP contribution in [0.25, 0.3) is 10.9 Å². The highest BCUT2D eigenvalue weighted by molar-refractivity contribution is 5.95. The zero-order valence-corrected chi connectivity index (χ0v) is 18.1. The SMILES string of the molecule is CCC1CC2CC3c4[nH]c5ccc(NC(=O)CCC(N)C(=O)O)cc5c4CCN(C2)C13. The summed E-state index contributed by atoms with van der Waals surface area (Å²) in [6.45, 7) is 4.69. The lowest BCUT2D eigenvalue weighted by atomic mass is 9.65. The van der Waals surface area contributed by atoms with Crippen LogP contribution in [0.5, 0.6) is 0 Å². The number of nitrogens with two attached hydrogens (primary N) is 1. The number of carboxylic acid groups (broad SMARTS) is 1. The lowest BCUT2D eigenvalue weighted by Gasteiger charge is -2.53. The van der Waals surface area contributed by atoms with E-state index in [0.717, 1.165) is 36.0 Å². The number of hydrogen-bond donors (Lipinski definition) is 4. The number of anilines is 1. The number of fused-ring (bicyclic) bond motifs is 4. The first-order chi connectivity index (χ1) is 14.9. The van der Waals surface area contributed by atoms with Crippen molar-refractivity contribution in [2.24, 2.45) is 17.6 Å². The van der Waals surface area contributed by atoms with Crippen molar-refractivity contribution in [3.8, 4) is 0 Å². The molecule has 6 rings (SSSR count). The van der Waals surface area contributed by atoms with Crippen molar-refractivity contribution < 1.29 is 14.7 Å². The summed E-state index contributed by atoms with van der Waals surface area (Å²) in [5, 5.41) is 13.0. The van der Waals surface area contributed by atoms with E-state index >= 15 is 0 Å². The molecule has 4 aliphatic rings. The van der Waals surface area contributed by atoms with Gasteiger partial charge in [0.25, 0.3) is 0 Å². The van der Waals surface area contributed by atoms with E-state index < -0.39 is 12.0 Å². The van der Waals surface area contributed by atoms with Crippen molar-refractivity contribution in [2.45, 2.75) is 63.5 Å². The maximum absolute atomic E-state index is 12.3. The van der Waals surface area contributed by atoms with Crippen LogP contribution in [0.1, 0.15) is 56.2 Å². The molecule has 5 N–H and O–H groups in total. The molecule has 1 aliphatic carbocycles. The molecule has 4 bridgehead atoms. The standard InChI is InChI=1S/C24H32N4O3/c1-2-14-9-13-10-18-22-16(7-8-28(12-13)23(14)18)17-11-15(3-5-20(17)27-22)26-21(29)6-4-19(25)24(30)31/h3,5,11,13-14,18-19,23,27H,2,4,6-10,12,25H2,1H3,(H,26,29)(H,30,31). The van der Waals surface area contributed by atoms with E-state index in [0.29, 0.717) is 12.0 Å². The minimum Gasteiger partial charge on any atom is -0.480 e. The zero-order valence-electron chi connectivity index (χ0n) is 18.1. The summed E-state index contributed by atoms with van der Waals surface area (Å²) in [4.78, 5) is 29.6. The number of carbonyl (C=O) groups is 2. The van der Waals surface area contributed by atoms with Crippen LogP contribution < -0.4 is 11.1 Å². The summed E-state index contributed by atoms with van der Waals surface area (Å²) in [5.41, 5.74) is 10.2. The summed E-state index contributed by atoms with van der Waals surface area (Å²) in [7, 11) is 0. The first-order valence-electron chi connectivity index (χ1n) is 11.6. The number of benzene rings is 1. The number of aromatic amines is 1. The van der Waals surface area contributed by atoms with Gasteiger partial charge in [0.05, 0.1) is 0 Å². The predicted molar refractivity (Wildman–Crippen MR) is 120 cm³/mol. The molecule has 2 aromatic rings. The lowest BCUT2D eigenvalue weighted by Crippen LogP contribution is -2.56. The minimum atomic E-state index is -1.08. The summed E-state index contributed by atoms with van der Waals surface area (Å²) < 4.78 is 0. The van der Waals surface area contributed by atoms with Gasteiger partial charge in [0.1, 0.15) is 6.04 Å². The number of rotatable bonds is 6. The van der Waals surface area contributed by atoms with Gasteiger partial charge >= 0.3 is 5.97 Å². The third-order valence-electron chi connectivity index (χ3n) is 7.80. The molecule has 3 fully saturated rings. The number of carboxylic acids is 1. The molecule has 0 spiro atoms. The Morgan fingerprint density at radius 2 is 2.19 bits per heavy atom. The highest BCUT2D eigenvalue weighted by Crippen LogP contribution is 2.51. The highest BCUT2D eigenvalue weighted by Gasteiger charge is 2.48. The topological polar surface area (TPSA) is 111 Å². The number of aliphatic carboxylic acids is 1. The fourth-order valence-electron chi connectivity index (χ4n) is 6.40. The van der Waals surface area contributed by atoms with Gasteiger partial charge in [-0.3, -0.25) is 14.5 Å². The van der Waals surface area contributed by atoms with Gasteiger partial charge in [-0.1, -0.05) is 13.3 Å². The molecule has 7 heteroatoms. The number of aromatic nitrogens is 1. The van der Waals surface area contributed by atoms with E-state index in [9.17, 15) is 9.59 Å². The van der Waals surface area contributed by atoms with Crippen molar-refractivity contribution in [1.29, 1.82) is 0 Å². The predicted octanol–water partition coefficient (Wildman–Crippen LogP) is 3.06. The molecule has 1 aromatic heterocycles. The molecule has 3 aliphatic heterocycles. The van der Waals surface area contributed by atoms with Crippen LogP contribution in [0.15, 0.2) is 18.2 Å². The van der Waals surface area contributed by atoms with Gasteiger partial charge < -0.3 is 21.1 Å². The number of hydrogen-bond acceptors (Lipinski definition) is 4. The van der Waals surface area contributed by atoms with Gasteiger partial charge in [-0.25, -0.2) is 0 Å². The lowest BCUT2D eigenvalue weighted by molar-refractivity contribution is -0.138. The fourth-order valence-corrected chi connectivity index (χ4v) is 6.40. The largest absolute Gasteiger partial charge is 0.480 e. The summed E-state index contributed by atoms with van der Waals surface area (Å²) in [5.74, 6) is 0.899. The molecule has 31 heavy (non-hydrogen) atoms. The second-order valence-corrected chi connectivity index (χ2v) is 9.66. The Balaban J connectivity index is 1.39. The molecule has 166 valence electrons. The maximum atomic E-state index is 12.3. The van der Waals surface area contributed by atoms with Crippen molar-refractivity contribution in [1.82, 2.24) is 9.88 Å². The summed E-state index contributed by atoms with van der Waals surface area (Å²) in [6, 6.07) is 5.69. The maximum Gasteiger partial charge on any atom is 0.320 e. The Morgan fingerprint density at radius 1 is 1.35 bits per heavy atom. The quantitative estimate of drug-likeness (QED) is 0.569. The summed E-state index contributed by atoms with van der Waals surface area (Å²) in [6.07, 6.45) is 5.18. The molecule has 1 saturated carbocycles. The Kier molecular flexibility index (Phi) is 5.26. The Labute approximate surface area is 182 Å². The molecule has 1 amide bonds. The molecule has 6 unspecified atom stereocenters. The first kappa shape index (κ1) is 20.5. The van der Waals surface area contributed by atoms with Gasteiger partial charge in [0, 0.05) is 53.8 Å². The molecule has 7 nitrogen and oxygen atoms in total. The van der Waals surface area contributed by atoms with Gasteiger partial charge in [-0.05, 0) is 61.3 Å². The van der Waals surface area contributed by atoms with Crippen LogP contribution in [-0.4, -0.2) is 52.0 Å². The number of H-pyrrole nitrogens is 1. The van der Waals surface area contributed by atoms with Gasteiger partial charge in [0.15, 0.2) is 0 Å². The molecule has 2 saturated heterocycles.